The standard InChI is InChI=1S/C12H11BrN4OS/c1-17(5-7-4-10(13)19-6-7)9-3-2-8(14)11-12(9)16-18-15-11/h2-4,6H,5,14H2,1H3. The zero-order valence-corrected chi connectivity index (χ0v) is 12.5. The predicted octanol–water partition coefficient (Wildman–Crippen LogP) is 3.27. The summed E-state index contributed by atoms with van der Waals surface area (Å²) in [6.45, 7) is 0.786. The summed E-state index contributed by atoms with van der Waals surface area (Å²) in [5.74, 6) is 0. The van der Waals surface area contributed by atoms with Crippen molar-refractivity contribution in [1.82, 2.24) is 10.3 Å². The number of nitrogens with zero attached hydrogens (tertiary/aromatic N) is 3. The number of rotatable bonds is 3. The van der Waals surface area contributed by atoms with Crippen LogP contribution in [0.2, 0.25) is 0 Å². The van der Waals surface area contributed by atoms with Gasteiger partial charge in [-0.2, -0.15) is 0 Å². The van der Waals surface area contributed by atoms with Crippen LogP contribution in [0.4, 0.5) is 11.4 Å². The van der Waals surface area contributed by atoms with Crippen LogP contribution in [0.15, 0.2) is 32.0 Å². The Labute approximate surface area is 122 Å². The number of hydrogen-bond acceptors (Lipinski definition) is 6. The van der Waals surface area contributed by atoms with Crippen molar-refractivity contribution >= 4 is 49.7 Å². The summed E-state index contributed by atoms with van der Waals surface area (Å²) in [4.78, 5) is 2.10. The van der Waals surface area contributed by atoms with Gasteiger partial charge in [0.2, 0.25) is 0 Å². The molecule has 0 saturated carbocycles. The molecule has 98 valence electrons. The Balaban J connectivity index is 1.95. The van der Waals surface area contributed by atoms with Crippen LogP contribution in [-0.4, -0.2) is 17.4 Å². The summed E-state index contributed by atoms with van der Waals surface area (Å²) in [7, 11) is 2.01. The smallest absolute Gasteiger partial charge is 0.160 e. The van der Waals surface area contributed by atoms with E-state index in [4.69, 9.17) is 10.4 Å². The Morgan fingerprint density at radius 2 is 2.16 bits per heavy atom. The fourth-order valence-corrected chi connectivity index (χ4v) is 3.17. The van der Waals surface area contributed by atoms with Crippen molar-refractivity contribution in [2.45, 2.75) is 6.54 Å². The number of nitrogen functional groups attached to an aromatic ring is 1. The molecule has 1 aromatic carbocycles. The predicted molar refractivity (Wildman–Crippen MR) is 80.3 cm³/mol. The quantitative estimate of drug-likeness (QED) is 0.742. The lowest BCUT2D eigenvalue weighted by molar-refractivity contribution is 0.315. The zero-order chi connectivity index (χ0) is 13.4. The highest BCUT2D eigenvalue weighted by atomic mass is 79.9. The fraction of sp³-hybridized carbons (Fsp3) is 0.167. The molecule has 0 saturated heterocycles. The maximum Gasteiger partial charge on any atom is 0.160 e. The van der Waals surface area contributed by atoms with Gasteiger partial charge in [0, 0.05) is 13.6 Å². The van der Waals surface area contributed by atoms with E-state index >= 15 is 0 Å². The largest absolute Gasteiger partial charge is 0.397 e. The Hall–Kier alpha value is -1.60. The molecule has 19 heavy (non-hydrogen) atoms. The van der Waals surface area contributed by atoms with Gasteiger partial charge in [-0.3, -0.25) is 0 Å². The lowest BCUT2D eigenvalue weighted by atomic mass is 10.2. The second kappa shape index (κ2) is 4.82. The maximum atomic E-state index is 5.84. The van der Waals surface area contributed by atoms with Gasteiger partial charge in [0.1, 0.15) is 0 Å². The lowest BCUT2D eigenvalue weighted by Gasteiger charge is -2.18. The second-order valence-electron chi connectivity index (χ2n) is 4.25. The molecule has 0 aliphatic carbocycles. The number of nitrogens with two attached hydrogens (primary N) is 1. The number of hydrogen-bond donors (Lipinski definition) is 1. The number of anilines is 2. The molecule has 2 heterocycles. The Morgan fingerprint density at radius 1 is 1.37 bits per heavy atom. The second-order valence-corrected chi connectivity index (χ2v) is 6.54. The third-order valence-corrected chi connectivity index (χ3v) is 4.43. The molecule has 5 nitrogen and oxygen atoms in total. The molecule has 2 aromatic heterocycles. The van der Waals surface area contributed by atoms with Crippen molar-refractivity contribution in [1.29, 1.82) is 0 Å². The number of aromatic nitrogens is 2. The molecule has 3 rings (SSSR count). The Morgan fingerprint density at radius 3 is 2.89 bits per heavy atom. The van der Waals surface area contributed by atoms with Crippen LogP contribution in [0.25, 0.3) is 11.0 Å². The van der Waals surface area contributed by atoms with E-state index in [9.17, 15) is 0 Å². The first kappa shape index (κ1) is 12.4. The topological polar surface area (TPSA) is 68.2 Å². The monoisotopic (exact) mass is 338 g/mol. The van der Waals surface area contributed by atoms with Gasteiger partial charge in [-0.15, -0.1) is 11.3 Å². The number of halogens is 1. The Bertz CT molecular complexity index is 723. The van der Waals surface area contributed by atoms with E-state index in [0.717, 1.165) is 16.0 Å². The molecule has 0 aliphatic rings. The summed E-state index contributed by atoms with van der Waals surface area (Å²) in [6, 6.07) is 5.86. The van der Waals surface area contributed by atoms with Crippen molar-refractivity contribution in [3.63, 3.8) is 0 Å². The van der Waals surface area contributed by atoms with E-state index < -0.39 is 0 Å². The molecular weight excluding hydrogens is 328 g/mol. The number of benzene rings is 1. The van der Waals surface area contributed by atoms with E-state index in [0.29, 0.717) is 16.7 Å². The van der Waals surface area contributed by atoms with Gasteiger partial charge in [-0.25, -0.2) is 4.63 Å². The van der Waals surface area contributed by atoms with Gasteiger partial charge >= 0.3 is 0 Å². The molecular formula is C12H11BrN4OS. The summed E-state index contributed by atoms with van der Waals surface area (Å²) >= 11 is 5.14. The average Bonchev–Trinajstić information content (AvgIpc) is 2.99. The normalized spacial score (nSPS) is 11.1. The van der Waals surface area contributed by atoms with Crippen molar-refractivity contribution in [2.75, 3.05) is 17.7 Å². The van der Waals surface area contributed by atoms with Gasteiger partial charge in [0.25, 0.3) is 0 Å². The van der Waals surface area contributed by atoms with Gasteiger partial charge in [-0.05, 0) is 55.4 Å². The fourth-order valence-electron chi connectivity index (χ4n) is 1.97. The first-order valence-electron chi connectivity index (χ1n) is 5.60. The summed E-state index contributed by atoms with van der Waals surface area (Å²) in [5, 5.41) is 9.88. The SMILES string of the molecule is CN(Cc1csc(Br)c1)c1ccc(N)c2nonc12. The van der Waals surface area contributed by atoms with Crippen LogP contribution in [0.5, 0.6) is 0 Å². The molecule has 0 spiro atoms. The van der Waals surface area contributed by atoms with Gasteiger partial charge < -0.3 is 10.6 Å². The van der Waals surface area contributed by atoms with Crippen LogP contribution < -0.4 is 10.6 Å². The molecule has 7 heteroatoms. The summed E-state index contributed by atoms with van der Waals surface area (Å²) in [6.07, 6.45) is 0. The van der Waals surface area contributed by atoms with Crippen LogP contribution in [0.1, 0.15) is 5.56 Å². The van der Waals surface area contributed by atoms with E-state index in [1.807, 2.05) is 19.2 Å². The highest BCUT2D eigenvalue weighted by Gasteiger charge is 2.13. The molecule has 0 unspecified atom stereocenters. The van der Waals surface area contributed by atoms with Crippen LogP contribution >= 0.6 is 27.3 Å². The van der Waals surface area contributed by atoms with Crippen molar-refractivity contribution in [2.24, 2.45) is 0 Å². The molecule has 0 amide bonds. The molecule has 0 bridgehead atoms. The highest BCUT2D eigenvalue weighted by molar-refractivity contribution is 9.11. The minimum absolute atomic E-state index is 0.576. The van der Waals surface area contributed by atoms with E-state index in [1.54, 1.807) is 11.3 Å². The summed E-state index contributed by atoms with van der Waals surface area (Å²) in [5.41, 5.74) is 9.90. The van der Waals surface area contributed by atoms with Crippen molar-refractivity contribution in [3.05, 3.63) is 32.9 Å². The lowest BCUT2D eigenvalue weighted by Crippen LogP contribution is -2.16. The highest BCUT2D eigenvalue weighted by Crippen LogP contribution is 2.29. The van der Waals surface area contributed by atoms with E-state index in [1.165, 1.54) is 5.56 Å². The van der Waals surface area contributed by atoms with Crippen molar-refractivity contribution < 1.29 is 4.63 Å². The zero-order valence-electron chi connectivity index (χ0n) is 10.1. The molecule has 2 N–H and O–H groups in total. The number of thiophene rings is 1. The molecule has 0 aliphatic heterocycles. The summed E-state index contributed by atoms with van der Waals surface area (Å²) < 4.78 is 5.91. The molecule has 0 atom stereocenters. The molecule has 0 radical (unpaired) electrons. The molecule has 0 fully saturated rings. The average molecular weight is 339 g/mol. The third kappa shape index (κ3) is 2.31. The Kier molecular flexibility index (Phi) is 3.16. The first-order chi connectivity index (χ1) is 9.15. The van der Waals surface area contributed by atoms with Gasteiger partial charge in [0.15, 0.2) is 11.0 Å². The van der Waals surface area contributed by atoms with E-state index in [-0.39, 0.29) is 0 Å². The third-order valence-electron chi connectivity index (χ3n) is 2.88. The van der Waals surface area contributed by atoms with Crippen molar-refractivity contribution in [3.8, 4) is 0 Å². The minimum Gasteiger partial charge on any atom is -0.397 e. The maximum absolute atomic E-state index is 5.84. The minimum atomic E-state index is 0.576. The van der Waals surface area contributed by atoms with Gasteiger partial charge in [-0.1, -0.05) is 0 Å². The number of fused-ring (bicyclic) bond motifs is 1. The molecule has 3 aromatic rings. The van der Waals surface area contributed by atoms with Gasteiger partial charge in [0.05, 0.1) is 15.2 Å². The van der Waals surface area contributed by atoms with Crippen LogP contribution in [0.3, 0.4) is 0 Å². The van der Waals surface area contributed by atoms with Crippen LogP contribution in [-0.2, 0) is 6.54 Å². The van der Waals surface area contributed by atoms with Crippen LogP contribution in [0, 0.1) is 0 Å². The van der Waals surface area contributed by atoms with E-state index in [2.05, 4.69) is 42.6 Å². The first-order valence-corrected chi connectivity index (χ1v) is 7.27.